The van der Waals surface area contributed by atoms with E-state index in [2.05, 4.69) is 19.2 Å². The van der Waals surface area contributed by atoms with E-state index in [-0.39, 0.29) is 17.1 Å². The van der Waals surface area contributed by atoms with E-state index in [0.717, 1.165) is 19.3 Å². The van der Waals surface area contributed by atoms with Crippen molar-refractivity contribution in [2.24, 2.45) is 11.8 Å². The summed E-state index contributed by atoms with van der Waals surface area (Å²) in [7, 11) is -0.982. The zero-order valence-corrected chi connectivity index (χ0v) is 11.7. The standard InChI is InChI=1S/C12H25NO2S/c1-5-9(2)8-16(14,15)12-7-6-11(13-4)10(12)3/h9-13H,5-8H2,1-4H3. The van der Waals surface area contributed by atoms with Crippen LogP contribution in [0.15, 0.2) is 0 Å². The molecule has 0 aromatic carbocycles. The third-order valence-corrected chi connectivity index (χ3v) is 6.65. The van der Waals surface area contributed by atoms with Crippen molar-refractivity contribution in [3.05, 3.63) is 0 Å². The Labute approximate surface area is 99.9 Å². The summed E-state index contributed by atoms with van der Waals surface area (Å²) in [5.74, 6) is 0.888. The summed E-state index contributed by atoms with van der Waals surface area (Å²) in [5, 5.41) is 3.09. The van der Waals surface area contributed by atoms with Gasteiger partial charge in [0.05, 0.1) is 11.0 Å². The van der Waals surface area contributed by atoms with Crippen LogP contribution < -0.4 is 5.32 Å². The van der Waals surface area contributed by atoms with Gasteiger partial charge in [0.2, 0.25) is 0 Å². The molecule has 16 heavy (non-hydrogen) atoms. The molecule has 4 heteroatoms. The third-order valence-electron chi connectivity index (χ3n) is 4.03. The van der Waals surface area contributed by atoms with Crippen molar-refractivity contribution in [2.75, 3.05) is 12.8 Å². The molecule has 0 aromatic rings. The minimum atomic E-state index is -2.90. The molecule has 1 saturated carbocycles. The fourth-order valence-corrected chi connectivity index (χ4v) is 5.30. The molecule has 4 atom stereocenters. The van der Waals surface area contributed by atoms with Crippen molar-refractivity contribution in [2.45, 2.75) is 51.3 Å². The van der Waals surface area contributed by atoms with Crippen LogP contribution in [0.2, 0.25) is 0 Å². The molecule has 0 spiro atoms. The molecule has 1 rings (SSSR count). The van der Waals surface area contributed by atoms with Crippen LogP contribution in [-0.2, 0) is 9.84 Å². The molecule has 1 aliphatic carbocycles. The maximum atomic E-state index is 12.2. The number of hydrogen-bond donors (Lipinski definition) is 1. The van der Waals surface area contributed by atoms with Crippen LogP contribution in [0, 0.1) is 11.8 Å². The summed E-state index contributed by atoms with van der Waals surface area (Å²) in [4.78, 5) is 0. The smallest absolute Gasteiger partial charge is 0.153 e. The van der Waals surface area contributed by atoms with Crippen LogP contribution in [0.4, 0.5) is 0 Å². The summed E-state index contributed by atoms with van der Waals surface area (Å²) < 4.78 is 24.5. The van der Waals surface area contributed by atoms with Gasteiger partial charge in [-0.2, -0.15) is 0 Å². The van der Waals surface area contributed by atoms with Crippen LogP contribution >= 0.6 is 0 Å². The van der Waals surface area contributed by atoms with Gasteiger partial charge in [-0.1, -0.05) is 27.2 Å². The minimum absolute atomic E-state index is 0.126. The lowest BCUT2D eigenvalue weighted by Gasteiger charge is -2.21. The summed E-state index contributed by atoms with van der Waals surface area (Å²) in [5.41, 5.74) is 0. The summed E-state index contributed by atoms with van der Waals surface area (Å²) in [6.45, 7) is 6.13. The van der Waals surface area contributed by atoms with Gasteiger partial charge >= 0.3 is 0 Å². The van der Waals surface area contributed by atoms with Crippen LogP contribution in [0.1, 0.15) is 40.0 Å². The van der Waals surface area contributed by atoms with E-state index < -0.39 is 9.84 Å². The van der Waals surface area contributed by atoms with Crippen LogP contribution in [0.25, 0.3) is 0 Å². The fraction of sp³-hybridized carbons (Fsp3) is 1.00. The number of rotatable bonds is 5. The molecule has 1 fully saturated rings. The van der Waals surface area contributed by atoms with Crippen molar-refractivity contribution in [3.8, 4) is 0 Å². The fourth-order valence-electron chi connectivity index (χ4n) is 2.68. The predicted octanol–water partition coefficient (Wildman–Crippen LogP) is 1.83. The average Bonchev–Trinajstić information content (AvgIpc) is 2.59. The molecule has 0 amide bonds. The Kier molecular flexibility index (Phi) is 4.80. The Morgan fingerprint density at radius 1 is 1.38 bits per heavy atom. The van der Waals surface area contributed by atoms with E-state index in [4.69, 9.17) is 0 Å². The highest BCUT2D eigenvalue weighted by molar-refractivity contribution is 7.92. The molecular weight excluding hydrogens is 222 g/mol. The first-order chi connectivity index (χ1) is 7.42. The average molecular weight is 247 g/mol. The monoisotopic (exact) mass is 247 g/mol. The molecule has 1 N–H and O–H groups in total. The maximum Gasteiger partial charge on any atom is 0.153 e. The number of sulfone groups is 1. The largest absolute Gasteiger partial charge is 0.317 e. The van der Waals surface area contributed by atoms with E-state index in [1.54, 1.807) is 0 Å². The van der Waals surface area contributed by atoms with Crippen molar-refractivity contribution < 1.29 is 8.42 Å². The Morgan fingerprint density at radius 2 is 2.00 bits per heavy atom. The first-order valence-electron chi connectivity index (χ1n) is 6.31. The van der Waals surface area contributed by atoms with Gasteiger partial charge in [0.25, 0.3) is 0 Å². The molecule has 0 aromatic heterocycles. The van der Waals surface area contributed by atoms with E-state index >= 15 is 0 Å². The lowest BCUT2D eigenvalue weighted by molar-refractivity contribution is 0.451. The SMILES string of the molecule is CCC(C)CS(=O)(=O)C1CCC(NC)C1C. The maximum absolute atomic E-state index is 12.2. The number of hydrogen-bond acceptors (Lipinski definition) is 3. The molecule has 0 heterocycles. The molecule has 0 radical (unpaired) electrons. The Balaban J connectivity index is 2.70. The molecule has 4 unspecified atom stereocenters. The van der Waals surface area contributed by atoms with Crippen LogP contribution in [0.3, 0.4) is 0 Å². The first-order valence-corrected chi connectivity index (χ1v) is 8.02. The highest BCUT2D eigenvalue weighted by Gasteiger charge is 2.40. The lowest BCUT2D eigenvalue weighted by Crippen LogP contribution is -2.36. The summed E-state index contributed by atoms with van der Waals surface area (Å²) in [6.07, 6.45) is 2.75. The van der Waals surface area contributed by atoms with Gasteiger partial charge in [-0.15, -0.1) is 0 Å². The quantitative estimate of drug-likeness (QED) is 0.806. The van der Waals surface area contributed by atoms with Crippen molar-refractivity contribution >= 4 is 9.84 Å². The van der Waals surface area contributed by atoms with Crippen molar-refractivity contribution in [1.29, 1.82) is 0 Å². The zero-order valence-electron chi connectivity index (χ0n) is 10.9. The number of nitrogens with one attached hydrogen (secondary N) is 1. The Bertz CT molecular complexity index is 313. The van der Waals surface area contributed by atoms with Crippen LogP contribution in [-0.4, -0.2) is 32.5 Å². The Morgan fingerprint density at radius 3 is 2.44 bits per heavy atom. The molecule has 0 saturated heterocycles. The first kappa shape index (κ1) is 14.0. The topological polar surface area (TPSA) is 46.2 Å². The lowest BCUT2D eigenvalue weighted by atomic mass is 10.1. The van der Waals surface area contributed by atoms with Gasteiger partial charge < -0.3 is 5.32 Å². The molecular formula is C12H25NO2S. The van der Waals surface area contributed by atoms with Gasteiger partial charge in [-0.05, 0) is 31.7 Å². The van der Waals surface area contributed by atoms with Gasteiger partial charge in [0.1, 0.15) is 0 Å². The summed E-state index contributed by atoms with van der Waals surface area (Å²) >= 11 is 0. The second-order valence-corrected chi connectivity index (χ2v) is 7.48. The van der Waals surface area contributed by atoms with E-state index in [9.17, 15) is 8.42 Å². The van der Waals surface area contributed by atoms with E-state index in [0.29, 0.717) is 11.8 Å². The molecule has 3 nitrogen and oxygen atoms in total. The minimum Gasteiger partial charge on any atom is -0.317 e. The normalized spacial score (nSPS) is 32.9. The van der Waals surface area contributed by atoms with Crippen molar-refractivity contribution in [3.63, 3.8) is 0 Å². The molecule has 0 aliphatic heterocycles. The molecule has 1 aliphatic rings. The second kappa shape index (κ2) is 5.50. The van der Waals surface area contributed by atoms with E-state index in [1.165, 1.54) is 0 Å². The van der Waals surface area contributed by atoms with Gasteiger partial charge in [0, 0.05) is 6.04 Å². The highest BCUT2D eigenvalue weighted by Crippen LogP contribution is 2.32. The Hall–Kier alpha value is -0.0900. The second-order valence-electron chi connectivity index (χ2n) is 5.21. The molecule has 96 valence electrons. The zero-order chi connectivity index (χ0) is 12.3. The van der Waals surface area contributed by atoms with Gasteiger partial charge in [-0.3, -0.25) is 0 Å². The predicted molar refractivity (Wildman–Crippen MR) is 68.3 cm³/mol. The molecule has 0 bridgehead atoms. The van der Waals surface area contributed by atoms with E-state index in [1.807, 2.05) is 14.0 Å². The van der Waals surface area contributed by atoms with Crippen LogP contribution in [0.5, 0.6) is 0 Å². The highest BCUT2D eigenvalue weighted by atomic mass is 32.2. The van der Waals surface area contributed by atoms with Gasteiger partial charge in [0.15, 0.2) is 9.84 Å². The third kappa shape index (κ3) is 2.98. The van der Waals surface area contributed by atoms with Gasteiger partial charge in [-0.25, -0.2) is 8.42 Å². The van der Waals surface area contributed by atoms with Crippen molar-refractivity contribution in [1.82, 2.24) is 5.32 Å². The summed E-state index contributed by atoms with van der Waals surface area (Å²) in [6, 6.07) is 0.372.